The van der Waals surface area contributed by atoms with Crippen molar-refractivity contribution in [2.24, 2.45) is 5.92 Å². The first-order chi connectivity index (χ1) is 9.95. The van der Waals surface area contributed by atoms with Crippen molar-refractivity contribution in [1.29, 1.82) is 5.26 Å². The fourth-order valence-corrected chi connectivity index (χ4v) is 2.28. The third kappa shape index (κ3) is 5.46. The molecule has 21 heavy (non-hydrogen) atoms. The average molecular weight is 293 g/mol. The van der Waals surface area contributed by atoms with Crippen LogP contribution in [0.3, 0.4) is 0 Å². The molecule has 6 nitrogen and oxygen atoms in total. The standard InChI is InChI=1S/C15H23N3O3/c1-11(2)13(15(20)21)17-14(19)12(9-16)10-18-7-5-3-4-6-8-18/h10-11,13H,3-8H2,1-2H3,(H,17,19)(H,20,21)/b12-10-. The van der Waals surface area contributed by atoms with Gasteiger partial charge in [0.05, 0.1) is 0 Å². The second-order valence-corrected chi connectivity index (χ2v) is 5.64. The van der Waals surface area contributed by atoms with Crippen molar-refractivity contribution >= 4 is 11.9 Å². The van der Waals surface area contributed by atoms with Gasteiger partial charge in [-0.25, -0.2) is 4.79 Å². The number of likely N-dealkylation sites (tertiary alicyclic amines) is 1. The minimum Gasteiger partial charge on any atom is -0.480 e. The summed E-state index contributed by atoms with van der Waals surface area (Å²) < 4.78 is 0. The predicted molar refractivity (Wildman–Crippen MR) is 78.1 cm³/mol. The summed E-state index contributed by atoms with van der Waals surface area (Å²) in [5.74, 6) is -1.96. The molecule has 1 atom stereocenters. The molecule has 1 rings (SSSR count). The number of hydrogen-bond donors (Lipinski definition) is 2. The van der Waals surface area contributed by atoms with Crippen LogP contribution in [0.1, 0.15) is 39.5 Å². The molecule has 0 bridgehead atoms. The number of carboxylic acid groups (broad SMARTS) is 1. The summed E-state index contributed by atoms with van der Waals surface area (Å²) in [6, 6.07) is 0.880. The van der Waals surface area contributed by atoms with Gasteiger partial charge in [-0.2, -0.15) is 5.26 Å². The van der Waals surface area contributed by atoms with Crippen molar-refractivity contribution in [3.8, 4) is 6.07 Å². The van der Waals surface area contributed by atoms with E-state index in [1.807, 2.05) is 11.0 Å². The lowest BCUT2D eigenvalue weighted by Crippen LogP contribution is -2.45. The molecule has 0 saturated carbocycles. The number of nitrogens with zero attached hydrogens (tertiary/aromatic N) is 2. The van der Waals surface area contributed by atoms with E-state index in [0.717, 1.165) is 38.8 Å². The molecule has 0 spiro atoms. The monoisotopic (exact) mass is 293 g/mol. The maximum atomic E-state index is 12.1. The topological polar surface area (TPSA) is 93.4 Å². The molecule has 0 aromatic carbocycles. The fourth-order valence-electron chi connectivity index (χ4n) is 2.28. The predicted octanol–water partition coefficient (Wildman–Crippen LogP) is 1.50. The van der Waals surface area contributed by atoms with E-state index in [2.05, 4.69) is 5.32 Å². The molecule has 0 radical (unpaired) electrons. The number of carbonyl (C=O) groups excluding carboxylic acids is 1. The van der Waals surface area contributed by atoms with Gasteiger partial charge in [0.1, 0.15) is 17.7 Å². The van der Waals surface area contributed by atoms with Crippen molar-refractivity contribution in [2.45, 2.75) is 45.6 Å². The molecule has 1 aliphatic heterocycles. The summed E-state index contributed by atoms with van der Waals surface area (Å²) in [6.07, 6.45) is 5.96. The maximum Gasteiger partial charge on any atom is 0.326 e. The number of hydrogen-bond acceptors (Lipinski definition) is 4. The van der Waals surface area contributed by atoms with Gasteiger partial charge in [-0.15, -0.1) is 0 Å². The van der Waals surface area contributed by atoms with Crippen LogP contribution >= 0.6 is 0 Å². The lowest BCUT2D eigenvalue weighted by atomic mass is 10.0. The van der Waals surface area contributed by atoms with Gasteiger partial charge in [-0.1, -0.05) is 26.7 Å². The van der Waals surface area contributed by atoms with E-state index in [9.17, 15) is 9.59 Å². The summed E-state index contributed by atoms with van der Waals surface area (Å²) in [5, 5.41) is 20.6. The number of rotatable bonds is 5. The maximum absolute atomic E-state index is 12.1. The minimum absolute atomic E-state index is 0.0381. The average Bonchev–Trinajstić information content (AvgIpc) is 2.69. The third-order valence-electron chi connectivity index (χ3n) is 3.54. The molecule has 1 fully saturated rings. The van der Waals surface area contributed by atoms with Crippen molar-refractivity contribution in [3.63, 3.8) is 0 Å². The quantitative estimate of drug-likeness (QED) is 0.592. The van der Waals surface area contributed by atoms with Gasteiger partial charge in [0, 0.05) is 19.3 Å². The third-order valence-corrected chi connectivity index (χ3v) is 3.54. The number of amides is 1. The highest BCUT2D eigenvalue weighted by Gasteiger charge is 2.25. The zero-order valence-corrected chi connectivity index (χ0v) is 12.6. The Balaban J connectivity index is 2.76. The number of carboxylic acids is 1. The number of nitriles is 1. The normalized spacial score (nSPS) is 17.8. The SMILES string of the molecule is CC(C)C(NC(=O)/C(C#N)=C\N1CCCCCC1)C(=O)O. The van der Waals surface area contributed by atoms with Gasteiger partial charge in [-0.3, -0.25) is 4.79 Å². The summed E-state index contributed by atoms with van der Waals surface area (Å²) in [4.78, 5) is 25.1. The van der Waals surface area contributed by atoms with Crippen LogP contribution in [0.5, 0.6) is 0 Å². The summed E-state index contributed by atoms with van der Waals surface area (Å²) in [5.41, 5.74) is -0.0381. The van der Waals surface area contributed by atoms with Crippen LogP contribution in [0.25, 0.3) is 0 Å². The van der Waals surface area contributed by atoms with Crippen LogP contribution in [-0.2, 0) is 9.59 Å². The molecule has 2 N–H and O–H groups in total. The van der Waals surface area contributed by atoms with E-state index >= 15 is 0 Å². The van der Waals surface area contributed by atoms with E-state index in [-0.39, 0.29) is 11.5 Å². The highest BCUT2D eigenvalue weighted by molar-refractivity contribution is 5.99. The summed E-state index contributed by atoms with van der Waals surface area (Å²) in [7, 11) is 0. The van der Waals surface area contributed by atoms with E-state index in [0.29, 0.717) is 0 Å². The smallest absolute Gasteiger partial charge is 0.326 e. The van der Waals surface area contributed by atoms with Gasteiger partial charge < -0.3 is 15.3 Å². The van der Waals surface area contributed by atoms with Crippen LogP contribution in [0.4, 0.5) is 0 Å². The molecule has 0 aromatic rings. The molecule has 6 heteroatoms. The molecule has 1 saturated heterocycles. The molecule has 0 aromatic heterocycles. The Bertz CT molecular complexity index is 444. The van der Waals surface area contributed by atoms with Crippen LogP contribution in [0.15, 0.2) is 11.8 Å². The Hall–Kier alpha value is -2.03. The molecular formula is C15H23N3O3. The highest BCUT2D eigenvalue weighted by atomic mass is 16.4. The van der Waals surface area contributed by atoms with E-state index in [1.165, 1.54) is 0 Å². The first-order valence-corrected chi connectivity index (χ1v) is 7.35. The van der Waals surface area contributed by atoms with E-state index in [4.69, 9.17) is 10.4 Å². The highest BCUT2D eigenvalue weighted by Crippen LogP contribution is 2.11. The Labute approximate surface area is 125 Å². The fraction of sp³-hybridized carbons (Fsp3) is 0.667. The molecule has 1 unspecified atom stereocenters. The summed E-state index contributed by atoms with van der Waals surface area (Å²) in [6.45, 7) is 5.07. The van der Waals surface area contributed by atoms with Gasteiger partial charge >= 0.3 is 5.97 Å². The molecule has 1 heterocycles. The molecular weight excluding hydrogens is 270 g/mol. The van der Waals surface area contributed by atoms with E-state index < -0.39 is 17.9 Å². The molecule has 1 aliphatic rings. The van der Waals surface area contributed by atoms with Crippen molar-refractivity contribution in [3.05, 3.63) is 11.8 Å². The second kappa shape index (κ2) is 8.30. The van der Waals surface area contributed by atoms with Gasteiger partial charge in [0.15, 0.2) is 0 Å². The number of nitrogens with one attached hydrogen (secondary N) is 1. The van der Waals surface area contributed by atoms with Crippen LogP contribution in [-0.4, -0.2) is 41.0 Å². The van der Waals surface area contributed by atoms with Crippen molar-refractivity contribution in [1.82, 2.24) is 10.2 Å². The van der Waals surface area contributed by atoms with Crippen molar-refractivity contribution < 1.29 is 14.7 Å². The zero-order chi connectivity index (χ0) is 15.8. The zero-order valence-electron chi connectivity index (χ0n) is 12.6. The molecule has 1 amide bonds. The van der Waals surface area contributed by atoms with Crippen LogP contribution < -0.4 is 5.32 Å². The van der Waals surface area contributed by atoms with Gasteiger partial charge in [0.25, 0.3) is 5.91 Å². The first-order valence-electron chi connectivity index (χ1n) is 7.35. The first kappa shape index (κ1) is 17.0. The van der Waals surface area contributed by atoms with Gasteiger partial charge in [-0.05, 0) is 18.8 Å². The molecule has 0 aliphatic carbocycles. The Morgan fingerprint density at radius 2 is 1.81 bits per heavy atom. The minimum atomic E-state index is -1.09. The number of carbonyl (C=O) groups is 2. The summed E-state index contributed by atoms with van der Waals surface area (Å²) >= 11 is 0. The van der Waals surface area contributed by atoms with E-state index in [1.54, 1.807) is 20.0 Å². The lowest BCUT2D eigenvalue weighted by Gasteiger charge is -2.20. The van der Waals surface area contributed by atoms with Crippen LogP contribution in [0.2, 0.25) is 0 Å². The Morgan fingerprint density at radius 3 is 2.24 bits per heavy atom. The largest absolute Gasteiger partial charge is 0.480 e. The Morgan fingerprint density at radius 1 is 1.24 bits per heavy atom. The van der Waals surface area contributed by atoms with Gasteiger partial charge in [0.2, 0.25) is 0 Å². The van der Waals surface area contributed by atoms with Crippen LogP contribution in [0, 0.1) is 17.2 Å². The second-order valence-electron chi connectivity index (χ2n) is 5.64. The molecule has 116 valence electrons. The van der Waals surface area contributed by atoms with Crippen molar-refractivity contribution in [2.75, 3.05) is 13.1 Å². The Kier molecular flexibility index (Phi) is 6.73. The number of aliphatic carboxylic acids is 1. The lowest BCUT2D eigenvalue weighted by molar-refractivity contribution is -0.142.